The number of imide groups is 1. The smallest absolute Gasteiger partial charge is 0.548 e. The van der Waals surface area contributed by atoms with E-state index in [1.165, 1.54) is 16.7 Å². The number of hydrogen-bond acceptors (Lipinski definition) is 8. The number of hydrazine groups is 1. The molecule has 3 aliphatic heterocycles. The fourth-order valence-electron chi connectivity index (χ4n) is 4.69. The van der Waals surface area contributed by atoms with Crippen LogP contribution < -0.4 is 40.1 Å². The van der Waals surface area contributed by atoms with Crippen LogP contribution in [0.4, 0.5) is 4.79 Å². The average molecular weight is 540 g/mol. The fraction of sp³-hybridized carbons (Fsp3) is 0.478. The van der Waals surface area contributed by atoms with Crippen molar-refractivity contribution in [1.29, 1.82) is 0 Å². The van der Waals surface area contributed by atoms with Crippen LogP contribution in [-0.4, -0.2) is 97.2 Å². The quantitative estimate of drug-likeness (QED) is 0.170. The maximum Gasteiger partial charge on any atom is 1.00 e. The molecule has 1 aromatic carbocycles. The largest absolute Gasteiger partial charge is 1.00 e. The number of likely N-dealkylation sites (N-methyl/N-ethyl adjacent to an activating group) is 1. The molecule has 0 aliphatic carbocycles. The molecule has 12 nitrogen and oxygen atoms in total. The monoisotopic (exact) mass is 539 g/mol. The summed E-state index contributed by atoms with van der Waals surface area (Å²) in [5.41, 5.74) is 2.99. The van der Waals surface area contributed by atoms with Gasteiger partial charge in [-0.05, 0) is 26.3 Å². The van der Waals surface area contributed by atoms with Gasteiger partial charge in [0.25, 0.3) is 5.91 Å². The second kappa shape index (κ2) is 11.0. The van der Waals surface area contributed by atoms with Crippen LogP contribution in [0.3, 0.4) is 0 Å². The number of nitrogens with one attached hydrogen (secondary N) is 1. The first-order chi connectivity index (χ1) is 17.0. The molecule has 0 saturated carbocycles. The van der Waals surface area contributed by atoms with E-state index in [1.807, 2.05) is 0 Å². The standard InChI is InChI=1S/C23H27N5O7S.Na/c1-4-25-10-11-26(19(32)18(25)31)22(35)24-28(14(29)12-13-8-6-5-7-9-13)15-17(30)27-16(21(33)34)23(2,3)36-20(15)27;/h5-9,15-16,20H,4,10-12H2,1-3H3,(H,24,35)(H,33,34);/q;+1/p-1/t15-,16+,20-;/m1./s1. The summed E-state index contributed by atoms with van der Waals surface area (Å²) < 4.78 is -0.898. The van der Waals surface area contributed by atoms with Gasteiger partial charge in [0.1, 0.15) is 5.37 Å². The summed E-state index contributed by atoms with van der Waals surface area (Å²) in [5, 5.41) is 11.9. The summed E-state index contributed by atoms with van der Waals surface area (Å²) in [4.78, 5) is 79.2. The molecule has 0 radical (unpaired) electrons. The maximum atomic E-state index is 13.3. The van der Waals surface area contributed by atoms with Gasteiger partial charge in [-0.1, -0.05) is 30.3 Å². The number of carbonyl (C=O) groups excluding carboxylic acids is 6. The topological polar surface area (TPSA) is 150 Å². The zero-order chi connectivity index (χ0) is 26.4. The fourth-order valence-corrected chi connectivity index (χ4v) is 6.35. The number of carbonyl (C=O) groups is 6. The number of urea groups is 1. The molecule has 37 heavy (non-hydrogen) atoms. The van der Waals surface area contributed by atoms with Crippen molar-refractivity contribution in [1.82, 2.24) is 25.1 Å². The number of carboxylic acids is 1. The van der Waals surface area contributed by atoms with Gasteiger partial charge in [-0.25, -0.2) is 15.2 Å². The number of aliphatic carboxylic acids is 1. The zero-order valence-corrected chi connectivity index (χ0v) is 23.8. The summed E-state index contributed by atoms with van der Waals surface area (Å²) in [6, 6.07) is 5.24. The minimum atomic E-state index is -1.41. The molecule has 3 saturated heterocycles. The van der Waals surface area contributed by atoms with Gasteiger partial charge in [0.05, 0.1) is 18.4 Å². The Morgan fingerprint density at radius 2 is 1.76 bits per heavy atom. The van der Waals surface area contributed by atoms with Gasteiger partial charge in [0.15, 0.2) is 6.04 Å². The summed E-state index contributed by atoms with van der Waals surface area (Å²) in [6.45, 7) is 5.40. The van der Waals surface area contributed by atoms with Crippen molar-refractivity contribution in [3.63, 3.8) is 0 Å². The first kappa shape index (κ1) is 29.0. The first-order valence-electron chi connectivity index (χ1n) is 11.5. The zero-order valence-electron chi connectivity index (χ0n) is 21.0. The molecular weight excluding hydrogens is 513 g/mol. The Hall–Kier alpha value is -2.61. The molecule has 4 rings (SSSR count). The molecule has 3 atom stereocenters. The van der Waals surface area contributed by atoms with E-state index in [2.05, 4.69) is 5.43 Å². The number of rotatable bonds is 5. The van der Waals surface area contributed by atoms with Crippen molar-refractivity contribution < 1.29 is 63.4 Å². The Morgan fingerprint density at radius 1 is 1.11 bits per heavy atom. The van der Waals surface area contributed by atoms with Crippen molar-refractivity contribution in [2.45, 2.75) is 49.4 Å². The van der Waals surface area contributed by atoms with Crippen LogP contribution in [0.15, 0.2) is 30.3 Å². The van der Waals surface area contributed by atoms with E-state index >= 15 is 0 Å². The SMILES string of the molecule is CCN1CCN(C(=O)NN(C(=O)Cc2ccccc2)[C@@H]2C(=O)N3[C@@H]2SC(C)(C)[C@@H]3C(=O)[O-])C(=O)C1=O.[Na+]. The Kier molecular flexibility index (Phi) is 8.62. The van der Waals surface area contributed by atoms with Gasteiger partial charge < -0.3 is 19.7 Å². The van der Waals surface area contributed by atoms with Crippen LogP contribution in [0.1, 0.15) is 26.3 Å². The van der Waals surface area contributed by atoms with E-state index in [4.69, 9.17) is 0 Å². The van der Waals surface area contributed by atoms with E-state index in [0.29, 0.717) is 17.0 Å². The number of nitrogens with zero attached hydrogens (tertiary/aromatic N) is 4. The summed E-state index contributed by atoms with van der Waals surface area (Å²) in [6.07, 6.45) is -0.161. The summed E-state index contributed by atoms with van der Waals surface area (Å²) in [7, 11) is 0. The molecule has 3 fully saturated rings. The van der Waals surface area contributed by atoms with Crippen LogP contribution in [0.25, 0.3) is 0 Å². The molecular formula is C23H26N5NaO7S. The van der Waals surface area contributed by atoms with Gasteiger partial charge in [0.2, 0.25) is 5.91 Å². The second-order valence-electron chi connectivity index (χ2n) is 9.21. The van der Waals surface area contributed by atoms with E-state index in [9.17, 15) is 33.9 Å². The predicted octanol–water partition coefficient (Wildman–Crippen LogP) is -4.44. The molecule has 14 heteroatoms. The predicted molar refractivity (Wildman–Crippen MR) is 124 cm³/mol. The Balaban J connectivity index is 0.00000380. The molecule has 0 spiro atoms. The van der Waals surface area contributed by atoms with E-state index in [1.54, 1.807) is 51.1 Å². The number of piperazine rings is 1. The molecule has 6 amide bonds. The molecule has 1 N–H and O–H groups in total. The van der Waals surface area contributed by atoms with Crippen LogP contribution in [0.2, 0.25) is 0 Å². The number of carboxylic acid groups (broad SMARTS) is 1. The van der Waals surface area contributed by atoms with Gasteiger partial charge >= 0.3 is 47.4 Å². The van der Waals surface area contributed by atoms with Gasteiger partial charge in [-0.15, -0.1) is 11.8 Å². The van der Waals surface area contributed by atoms with Crippen LogP contribution in [0, 0.1) is 0 Å². The average Bonchev–Trinajstić information content (AvgIpc) is 3.08. The minimum Gasteiger partial charge on any atom is -0.548 e. The van der Waals surface area contributed by atoms with Gasteiger partial charge in [0, 0.05) is 24.4 Å². The van der Waals surface area contributed by atoms with Crippen molar-refractivity contribution >= 4 is 47.4 Å². The third kappa shape index (κ3) is 5.22. The summed E-state index contributed by atoms with van der Waals surface area (Å²) in [5.74, 6) is -4.57. The molecule has 192 valence electrons. The van der Waals surface area contributed by atoms with E-state index < -0.39 is 57.8 Å². The molecule has 0 aromatic heterocycles. The van der Waals surface area contributed by atoms with Crippen molar-refractivity contribution in [3.05, 3.63) is 35.9 Å². The number of fused-ring (bicyclic) bond motifs is 1. The van der Waals surface area contributed by atoms with Gasteiger partial charge in [-0.2, -0.15) is 0 Å². The van der Waals surface area contributed by atoms with Crippen LogP contribution >= 0.6 is 11.8 Å². The number of β-lactam (4-membered cyclic amide) rings is 1. The first-order valence-corrected chi connectivity index (χ1v) is 12.3. The molecule has 3 heterocycles. The Morgan fingerprint density at radius 3 is 2.35 bits per heavy atom. The maximum absolute atomic E-state index is 13.3. The number of hydrogen-bond donors (Lipinski definition) is 1. The van der Waals surface area contributed by atoms with E-state index in [0.717, 1.165) is 9.91 Å². The number of thioether (sulfide) groups is 1. The minimum absolute atomic E-state index is 0. The molecule has 0 bridgehead atoms. The normalized spacial score (nSPS) is 24.1. The molecule has 1 aromatic rings. The summed E-state index contributed by atoms with van der Waals surface area (Å²) >= 11 is 1.18. The third-order valence-electron chi connectivity index (χ3n) is 6.53. The van der Waals surface area contributed by atoms with Crippen molar-refractivity contribution in [2.24, 2.45) is 0 Å². The molecule has 3 aliphatic rings. The number of amides is 6. The van der Waals surface area contributed by atoms with Crippen LogP contribution in [-0.2, 0) is 30.4 Å². The molecule has 0 unspecified atom stereocenters. The third-order valence-corrected chi connectivity index (χ3v) is 8.09. The Bertz CT molecular complexity index is 1130. The van der Waals surface area contributed by atoms with Crippen molar-refractivity contribution in [2.75, 3.05) is 19.6 Å². The Labute approximate surface area is 239 Å². The second-order valence-corrected chi connectivity index (χ2v) is 11.0. The van der Waals surface area contributed by atoms with Crippen molar-refractivity contribution in [3.8, 4) is 0 Å². The van der Waals surface area contributed by atoms with E-state index in [-0.39, 0.29) is 49.1 Å². The van der Waals surface area contributed by atoms with Gasteiger partial charge in [-0.3, -0.25) is 24.1 Å². The number of benzene rings is 1. The van der Waals surface area contributed by atoms with Crippen LogP contribution in [0.5, 0.6) is 0 Å².